The molecule has 2 nitrogen and oxygen atoms in total. The minimum Gasteiger partial charge on any atom is -0.368 e. The van der Waals surface area contributed by atoms with Gasteiger partial charge in [0.15, 0.2) is 0 Å². The van der Waals surface area contributed by atoms with Crippen LogP contribution in [-0.4, -0.2) is 30.2 Å². The summed E-state index contributed by atoms with van der Waals surface area (Å²) in [6, 6.07) is 11.3. The van der Waals surface area contributed by atoms with Gasteiger partial charge in [-0.3, -0.25) is 4.90 Å². The average molecular weight is 203 g/mol. The van der Waals surface area contributed by atoms with Crippen molar-refractivity contribution in [3.63, 3.8) is 0 Å². The summed E-state index contributed by atoms with van der Waals surface area (Å²) in [7, 11) is 2.21. The highest BCUT2D eigenvalue weighted by Gasteiger charge is 2.51. The van der Waals surface area contributed by atoms with Crippen LogP contribution in [0.2, 0.25) is 0 Å². The molecule has 1 aromatic rings. The lowest BCUT2D eigenvalue weighted by atomic mass is 10.1. The molecule has 2 fully saturated rings. The molecule has 0 N–H and O–H groups in total. The molecule has 0 spiro atoms. The molecular formula is C13H17NO. The van der Waals surface area contributed by atoms with Gasteiger partial charge in [-0.1, -0.05) is 30.3 Å². The van der Waals surface area contributed by atoms with E-state index in [1.54, 1.807) is 0 Å². The fourth-order valence-corrected chi connectivity index (χ4v) is 2.69. The van der Waals surface area contributed by atoms with E-state index in [9.17, 15) is 0 Å². The summed E-state index contributed by atoms with van der Waals surface area (Å²) in [5.74, 6) is 0. The molecule has 1 saturated carbocycles. The van der Waals surface area contributed by atoms with Gasteiger partial charge in [-0.25, -0.2) is 0 Å². The molecule has 0 bridgehead atoms. The topological polar surface area (TPSA) is 15.8 Å². The van der Waals surface area contributed by atoms with Crippen LogP contribution < -0.4 is 0 Å². The van der Waals surface area contributed by atoms with Gasteiger partial charge in [0.05, 0.1) is 12.2 Å². The molecule has 1 heterocycles. The van der Waals surface area contributed by atoms with Crippen molar-refractivity contribution < 1.29 is 4.74 Å². The Balaban J connectivity index is 1.63. The second kappa shape index (κ2) is 3.62. The number of hydrogen-bond donors (Lipinski definition) is 0. The predicted molar refractivity (Wildman–Crippen MR) is 59.6 cm³/mol. The molecule has 0 amide bonds. The molecule has 2 aliphatic rings. The van der Waals surface area contributed by atoms with Crippen LogP contribution in [0.4, 0.5) is 0 Å². The van der Waals surface area contributed by atoms with E-state index in [4.69, 9.17) is 4.74 Å². The van der Waals surface area contributed by atoms with E-state index in [1.165, 1.54) is 18.4 Å². The van der Waals surface area contributed by atoms with Gasteiger partial charge in [-0.2, -0.15) is 0 Å². The maximum absolute atomic E-state index is 5.58. The van der Waals surface area contributed by atoms with Gasteiger partial charge in [0.2, 0.25) is 0 Å². The molecule has 1 saturated heterocycles. The van der Waals surface area contributed by atoms with E-state index in [0.29, 0.717) is 18.2 Å². The Morgan fingerprint density at radius 2 is 2.07 bits per heavy atom. The van der Waals surface area contributed by atoms with Crippen LogP contribution in [0.3, 0.4) is 0 Å². The first-order chi connectivity index (χ1) is 7.34. The molecule has 0 unspecified atom stereocenters. The summed E-state index contributed by atoms with van der Waals surface area (Å²) in [6.07, 6.45) is 3.69. The van der Waals surface area contributed by atoms with Crippen LogP contribution in [0.25, 0.3) is 0 Å². The number of fused-ring (bicyclic) bond motifs is 1. The Morgan fingerprint density at radius 1 is 1.27 bits per heavy atom. The highest BCUT2D eigenvalue weighted by atomic mass is 16.6. The highest BCUT2D eigenvalue weighted by molar-refractivity contribution is 5.15. The summed E-state index contributed by atoms with van der Waals surface area (Å²) in [5.41, 5.74) is 1.39. The summed E-state index contributed by atoms with van der Waals surface area (Å²) in [5, 5.41) is 0. The molecule has 3 atom stereocenters. The largest absolute Gasteiger partial charge is 0.368 e. The molecule has 1 aromatic carbocycles. The van der Waals surface area contributed by atoms with Crippen molar-refractivity contribution in [3.8, 4) is 0 Å². The molecule has 1 aliphatic carbocycles. The minimum absolute atomic E-state index is 0.540. The molecule has 80 valence electrons. The second-order valence-corrected chi connectivity index (χ2v) is 4.68. The number of benzene rings is 1. The standard InChI is InChI=1S/C13H17NO/c1-14(9-10-5-3-2-4-6-10)11-7-8-12-13(11)15-12/h2-6,11-13H,7-9H2,1H3/t11-,12+,13-/m1/s1. The van der Waals surface area contributed by atoms with E-state index < -0.39 is 0 Å². The van der Waals surface area contributed by atoms with Crippen molar-refractivity contribution >= 4 is 0 Å². The lowest BCUT2D eigenvalue weighted by Crippen LogP contribution is -2.33. The monoisotopic (exact) mass is 203 g/mol. The Labute approximate surface area is 90.8 Å². The Kier molecular flexibility index (Phi) is 2.26. The summed E-state index contributed by atoms with van der Waals surface area (Å²) in [6.45, 7) is 1.04. The van der Waals surface area contributed by atoms with E-state index in [0.717, 1.165) is 6.54 Å². The molecule has 15 heavy (non-hydrogen) atoms. The summed E-state index contributed by atoms with van der Waals surface area (Å²) >= 11 is 0. The lowest BCUT2D eigenvalue weighted by Gasteiger charge is -2.24. The third-order valence-electron chi connectivity index (χ3n) is 3.59. The van der Waals surface area contributed by atoms with Gasteiger partial charge in [-0.05, 0) is 25.5 Å². The highest BCUT2D eigenvalue weighted by Crippen LogP contribution is 2.41. The van der Waals surface area contributed by atoms with Crippen molar-refractivity contribution in [2.45, 2.75) is 37.6 Å². The summed E-state index contributed by atoms with van der Waals surface area (Å²) in [4.78, 5) is 2.44. The Morgan fingerprint density at radius 3 is 2.67 bits per heavy atom. The van der Waals surface area contributed by atoms with Crippen LogP contribution in [-0.2, 0) is 11.3 Å². The molecular weight excluding hydrogens is 186 g/mol. The normalized spacial score (nSPS) is 33.1. The van der Waals surface area contributed by atoms with Crippen LogP contribution in [0, 0.1) is 0 Å². The number of rotatable bonds is 3. The molecule has 2 heteroatoms. The fourth-order valence-electron chi connectivity index (χ4n) is 2.69. The van der Waals surface area contributed by atoms with Crippen LogP contribution >= 0.6 is 0 Å². The van der Waals surface area contributed by atoms with Crippen molar-refractivity contribution in [2.24, 2.45) is 0 Å². The zero-order chi connectivity index (χ0) is 10.3. The number of epoxide rings is 1. The molecule has 0 aromatic heterocycles. The first-order valence-electron chi connectivity index (χ1n) is 5.74. The minimum atomic E-state index is 0.540. The van der Waals surface area contributed by atoms with Crippen LogP contribution in [0.1, 0.15) is 18.4 Å². The quantitative estimate of drug-likeness (QED) is 0.699. The SMILES string of the molecule is CN(Cc1ccccc1)[C@@H]1CC[C@@H]2O[C@@H]21. The third-order valence-corrected chi connectivity index (χ3v) is 3.59. The van der Waals surface area contributed by atoms with Gasteiger partial charge in [-0.15, -0.1) is 0 Å². The first-order valence-corrected chi connectivity index (χ1v) is 5.74. The van der Waals surface area contributed by atoms with Gasteiger partial charge < -0.3 is 4.74 Å². The summed E-state index contributed by atoms with van der Waals surface area (Å²) < 4.78 is 5.58. The smallest absolute Gasteiger partial charge is 0.0996 e. The van der Waals surface area contributed by atoms with Crippen LogP contribution in [0.15, 0.2) is 30.3 Å². The first kappa shape index (κ1) is 9.37. The van der Waals surface area contributed by atoms with Gasteiger partial charge in [0.1, 0.15) is 0 Å². The Hall–Kier alpha value is -0.860. The van der Waals surface area contributed by atoms with Crippen molar-refractivity contribution in [3.05, 3.63) is 35.9 Å². The number of ether oxygens (including phenoxy) is 1. The van der Waals surface area contributed by atoms with Crippen molar-refractivity contribution in [1.29, 1.82) is 0 Å². The van der Waals surface area contributed by atoms with E-state index in [2.05, 4.69) is 42.3 Å². The third kappa shape index (κ3) is 1.80. The zero-order valence-corrected chi connectivity index (χ0v) is 9.10. The molecule has 3 rings (SSSR count). The van der Waals surface area contributed by atoms with Crippen molar-refractivity contribution in [1.82, 2.24) is 4.90 Å². The van der Waals surface area contributed by atoms with E-state index >= 15 is 0 Å². The maximum Gasteiger partial charge on any atom is 0.0996 e. The predicted octanol–water partition coefficient (Wildman–Crippen LogP) is 2.05. The average Bonchev–Trinajstić information content (AvgIpc) is 2.91. The van der Waals surface area contributed by atoms with Gasteiger partial charge in [0, 0.05) is 12.6 Å². The van der Waals surface area contributed by atoms with Gasteiger partial charge in [0.25, 0.3) is 0 Å². The zero-order valence-electron chi connectivity index (χ0n) is 9.10. The maximum atomic E-state index is 5.58. The second-order valence-electron chi connectivity index (χ2n) is 4.68. The van der Waals surface area contributed by atoms with Crippen molar-refractivity contribution in [2.75, 3.05) is 7.05 Å². The number of nitrogens with zero attached hydrogens (tertiary/aromatic N) is 1. The van der Waals surface area contributed by atoms with E-state index in [-0.39, 0.29) is 0 Å². The van der Waals surface area contributed by atoms with E-state index in [1.807, 2.05) is 0 Å². The number of hydrogen-bond acceptors (Lipinski definition) is 2. The number of likely N-dealkylation sites (N-methyl/N-ethyl adjacent to an activating group) is 1. The fraction of sp³-hybridized carbons (Fsp3) is 0.538. The van der Waals surface area contributed by atoms with Crippen LogP contribution in [0.5, 0.6) is 0 Å². The molecule has 0 radical (unpaired) electrons. The molecule has 1 aliphatic heterocycles. The Bertz CT molecular complexity index is 338. The lowest BCUT2D eigenvalue weighted by molar-refractivity contribution is 0.167. The van der Waals surface area contributed by atoms with Gasteiger partial charge >= 0.3 is 0 Å².